The maximum Gasteiger partial charge on any atom is 0.229 e. The van der Waals surface area contributed by atoms with E-state index >= 15 is 0 Å². The maximum atomic E-state index is 9.79. The monoisotopic (exact) mass is 463 g/mol. The summed E-state index contributed by atoms with van der Waals surface area (Å²) in [5, 5.41) is 19.5. The number of hydrogen-bond donors (Lipinski definition) is 2. The second-order valence-corrected chi connectivity index (χ2v) is 9.48. The van der Waals surface area contributed by atoms with Crippen LogP contribution < -0.4 is 5.32 Å². The molecule has 0 amide bonds. The number of anilines is 2. The van der Waals surface area contributed by atoms with Gasteiger partial charge in [0, 0.05) is 72.5 Å². The number of fused-ring (bicyclic) bond motifs is 1. The molecule has 0 unspecified atom stereocenters. The van der Waals surface area contributed by atoms with Crippen molar-refractivity contribution in [2.75, 3.05) is 18.4 Å². The van der Waals surface area contributed by atoms with Crippen molar-refractivity contribution >= 4 is 34.1 Å². The van der Waals surface area contributed by atoms with Crippen molar-refractivity contribution in [3.05, 3.63) is 59.1 Å². The average Bonchev–Trinajstić information content (AvgIpc) is 3.36. The van der Waals surface area contributed by atoms with Gasteiger partial charge in [-0.2, -0.15) is 10.1 Å². The van der Waals surface area contributed by atoms with Crippen LogP contribution in [0.5, 0.6) is 0 Å². The minimum absolute atomic E-state index is 0.225. The lowest BCUT2D eigenvalue weighted by Crippen LogP contribution is -2.21. The highest BCUT2D eigenvalue weighted by Crippen LogP contribution is 2.40. The Morgan fingerprint density at radius 2 is 2.06 bits per heavy atom. The molecule has 1 aromatic carbocycles. The fraction of sp³-hybridized carbons (Fsp3) is 0.375. The first-order valence-corrected chi connectivity index (χ1v) is 11.8. The van der Waals surface area contributed by atoms with E-state index in [1.807, 2.05) is 37.5 Å². The second-order valence-electron chi connectivity index (χ2n) is 9.07. The first-order chi connectivity index (χ1) is 16.0. The van der Waals surface area contributed by atoms with Crippen LogP contribution in [0.1, 0.15) is 36.6 Å². The quantitative estimate of drug-likeness (QED) is 0.445. The van der Waals surface area contributed by atoms with E-state index in [1.165, 1.54) is 12.8 Å². The SMILES string of the molecule is Cc1nn(-c2ccnc(Nc3ccc4c(c3)c(Cl)cn4C3CC3)n2)cc1CN1CC[C@@H](O)C1. The van der Waals surface area contributed by atoms with Crippen molar-refractivity contribution in [2.45, 2.75) is 44.9 Å². The van der Waals surface area contributed by atoms with Crippen LogP contribution in [0.4, 0.5) is 11.6 Å². The van der Waals surface area contributed by atoms with Gasteiger partial charge >= 0.3 is 0 Å². The van der Waals surface area contributed by atoms with Gasteiger partial charge < -0.3 is 15.0 Å². The standard InChI is InChI=1S/C24H26ClN7O/c1-15-16(11-30-9-7-19(33)13-30)12-32(29-15)23-6-8-26-24(28-23)27-17-2-5-22-20(10-17)21(25)14-31(22)18-3-4-18/h2,5-6,8,10,12,14,18-19,33H,3-4,7,9,11,13H2,1H3,(H,26,27,28)/t19-/m1/s1. The third-order valence-electron chi connectivity index (χ3n) is 6.50. The van der Waals surface area contributed by atoms with Gasteiger partial charge in [0.1, 0.15) is 0 Å². The Bertz CT molecular complexity index is 1330. The highest BCUT2D eigenvalue weighted by atomic mass is 35.5. The van der Waals surface area contributed by atoms with Gasteiger partial charge in [0.25, 0.3) is 0 Å². The van der Waals surface area contributed by atoms with E-state index in [-0.39, 0.29) is 6.10 Å². The van der Waals surface area contributed by atoms with Crippen molar-refractivity contribution in [1.82, 2.24) is 29.2 Å². The van der Waals surface area contributed by atoms with Crippen LogP contribution >= 0.6 is 11.6 Å². The Kier molecular flexibility index (Phi) is 5.09. The summed E-state index contributed by atoms with van der Waals surface area (Å²) in [5.41, 5.74) is 4.15. The van der Waals surface area contributed by atoms with Crippen LogP contribution in [0.2, 0.25) is 5.02 Å². The van der Waals surface area contributed by atoms with Gasteiger partial charge in [-0.1, -0.05) is 11.6 Å². The molecule has 4 heterocycles. The number of β-amino-alcohol motifs (C(OH)–C–C–N with tert-alkyl or cyclic N) is 1. The van der Waals surface area contributed by atoms with Gasteiger partial charge in [-0.25, -0.2) is 9.67 Å². The molecule has 33 heavy (non-hydrogen) atoms. The molecule has 0 bridgehead atoms. The number of aryl methyl sites for hydroxylation is 1. The number of aromatic nitrogens is 5. The summed E-state index contributed by atoms with van der Waals surface area (Å²) < 4.78 is 4.07. The fourth-order valence-corrected chi connectivity index (χ4v) is 4.83. The molecule has 2 N–H and O–H groups in total. The second kappa shape index (κ2) is 8.13. The van der Waals surface area contributed by atoms with Gasteiger partial charge in [0.15, 0.2) is 5.82 Å². The lowest BCUT2D eigenvalue weighted by atomic mass is 10.2. The number of rotatable bonds is 6. The van der Waals surface area contributed by atoms with E-state index in [2.05, 4.69) is 35.9 Å². The third-order valence-corrected chi connectivity index (χ3v) is 6.80. The lowest BCUT2D eigenvalue weighted by Gasteiger charge is -2.13. The predicted octanol–water partition coefficient (Wildman–Crippen LogP) is 4.22. The minimum atomic E-state index is -0.225. The molecule has 1 saturated heterocycles. The van der Waals surface area contributed by atoms with Crippen LogP contribution in [-0.2, 0) is 6.54 Å². The number of aliphatic hydroxyl groups excluding tert-OH is 1. The van der Waals surface area contributed by atoms with Crippen LogP contribution in [0, 0.1) is 6.92 Å². The molecule has 1 saturated carbocycles. The first-order valence-electron chi connectivity index (χ1n) is 11.4. The highest BCUT2D eigenvalue weighted by Gasteiger charge is 2.25. The number of nitrogens with zero attached hydrogens (tertiary/aromatic N) is 6. The number of benzene rings is 1. The number of nitrogens with one attached hydrogen (secondary N) is 1. The first kappa shape index (κ1) is 20.7. The zero-order valence-corrected chi connectivity index (χ0v) is 19.2. The predicted molar refractivity (Wildman–Crippen MR) is 128 cm³/mol. The van der Waals surface area contributed by atoms with Crippen molar-refractivity contribution < 1.29 is 5.11 Å². The molecule has 170 valence electrons. The molecule has 1 aliphatic carbocycles. The molecular weight excluding hydrogens is 438 g/mol. The summed E-state index contributed by atoms with van der Waals surface area (Å²) in [6, 6.07) is 8.61. The molecule has 2 fully saturated rings. The van der Waals surface area contributed by atoms with E-state index in [0.717, 1.165) is 52.4 Å². The van der Waals surface area contributed by atoms with E-state index < -0.39 is 0 Å². The molecule has 6 rings (SSSR count). The Hall–Kier alpha value is -2.94. The van der Waals surface area contributed by atoms with E-state index in [0.29, 0.717) is 24.4 Å². The molecule has 3 aromatic heterocycles. The maximum absolute atomic E-state index is 9.79. The number of aliphatic hydroxyl groups is 1. The topological polar surface area (TPSA) is 84.0 Å². The Morgan fingerprint density at radius 3 is 2.85 bits per heavy atom. The summed E-state index contributed by atoms with van der Waals surface area (Å²) in [4.78, 5) is 11.3. The molecule has 2 aliphatic rings. The number of halogens is 1. The largest absolute Gasteiger partial charge is 0.392 e. The summed E-state index contributed by atoms with van der Waals surface area (Å²) in [7, 11) is 0. The molecule has 1 aliphatic heterocycles. The number of likely N-dealkylation sites (tertiary alicyclic amines) is 1. The summed E-state index contributed by atoms with van der Waals surface area (Å²) in [6.45, 7) is 4.40. The third kappa shape index (κ3) is 4.10. The van der Waals surface area contributed by atoms with Crippen molar-refractivity contribution in [2.24, 2.45) is 0 Å². The van der Waals surface area contributed by atoms with Crippen molar-refractivity contribution in [3.8, 4) is 5.82 Å². The summed E-state index contributed by atoms with van der Waals surface area (Å²) in [6.07, 6.45) is 8.82. The van der Waals surface area contributed by atoms with Gasteiger partial charge in [-0.05, 0) is 44.4 Å². The lowest BCUT2D eigenvalue weighted by molar-refractivity contribution is 0.174. The molecule has 0 radical (unpaired) electrons. The zero-order valence-electron chi connectivity index (χ0n) is 18.4. The van der Waals surface area contributed by atoms with Gasteiger partial charge in [-0.3, -0.25) is 4.90 Å². The summed E-state index contributed by atoms with van der Waals surface area (Å²) >= 11 is 6.51. The van der Waals surface area contributed by atoms with Crippen LogP contribution in [0.3, 0.4) is 0 Å². The fourth-order valence-electron chi connectivity index (χ4n) is 4.58. The number of hydrogen-bond acceptors (Lipinski definition) is 6. The van der Waals surface area contributed by atoms with Crippen LogP contribution in [0.15, 0.2) is 42.9 Å². The van der Waals surface area contributed by atoms with Crippen molar-refractivity contribution in [3.63, 3.8) is 0 Å². The summed E-state index contributed by atoms with van der Waals surface area (Å²) in [5.74, 6) is 1.20. The average molecular weight is 464 g/mol. The smallest absolute Gasteiger partial charge is 0.229 e. The van der Waals surface area contributed by atoms with Gasteiger partial charge in [0.2, 0.25) is 5.95 Å². The van der Waals surface area contributed by atoms with Gasteiger partial charge in [0.05, 0.1) is 16.8 Å². The molecular formula is C24H26ClN7O. The van der Waals surface area contributed by atoms with Crippen molar-refractivity contribution in [1.29, 1.82) is 0 Å². The Morgan fingerprint density at radius 1 is 1.18 bits per heavy atom. The molecule has 4 aromatic rings. The Labute approximate surface area is 196 Å². The molecule has 0 spiro atoms. The van der Waals surface area contributed by atoms with Gasteiger partial charge in [-0.15, -0.1) is 0 Å². The van der Waals surface area contributed by atoms with Crippen LogP contribution in [0.25, 0.3) is 16.7 Å². The minimum Gasteiger partial charge on any atom is -0.392 e. The van der Waals surface area contributed by atoms with Crippen LogP contribution in [-0.4, -0.2) is 53.5 Å². The zero-order chi connectivity index (χ0) is 22.5. The van der Waals surface area contributed by atoms with E-state index in [1.54, 1.807) is 10.9 Å². The normalized spacial score (nSPS) is 18.9. The highest BCUT2D eigenvalue weighted by molar-refractivity contribution is 6.35. The van der Waals surface area contributed by atoms with E-state index in [9.17, 15) is 5.11 Å². The molecule has 9 heteroatoms. The van der Waals surface area contributed by atoms with E-state index in [4.69, 9.17) is 11.6 Å². The molecule has 1 atom stereocenters. The molecule has 8 nitrogen and oxygen atoms in total. The Balaban J connectivity index is 1.23.